The van der Waals surface area contributed by atoms with Crippen LogP contribution in [0.25, 0.3) is 0 Å². The molecule has 2 amide bonds. The van der Waals surface area contributed by atoms with E-state index in [4.69, 9.17) is 21.1 Å². The van der Waals surface area contributed by atoms with E-state index in [1.54, 1.807) is 25.1 Å². The third kappa shape index (κ3) is 4.88. The highest BCUT2D eigenvalue weighted by molar-refractivity contribution is 7.89. The molecule has 2 unspecified atom stereocenters. The summed E-state index contributed by atoms with van der Waals surface area (Å²) < 4.78 is 38.9. The van der Waals surface area contributed by atoms with Gasteiger partial charge in [0, 0.05) is 24.4 Å². The number of nitrogens with one attached hydrogen (secondary N) is 3. The molecule has 0 radical (unpaired) electrons. The summed E-state index contributed by atoms with van der Waals surface area (Å²) in [7, 11) is -3.94. The molecule has 11 heteroatoms. The largest absolute Gasteiger partial charge is 0.479 e. The van der Waals surface area contributed by atoms with Gasteiger partial charge in [0.1, 0.15) is 10.6 Å². The number of ether oxygens (including phenoxy) is 2. The molecule has 2 atom stereocenters. The Morgan fingerprint density at radius 3 is 2.81 bits per heavy atom. The molecule has 1 saturated heterocycles. The first-order valence-corrected chi connectivity index (χ1v) is 11.9. The summed E-state index contributed by atoms with van der Waals surface area (Å²) in [6.45, 7) is 2.38. The van der Waals surface area contributed by atoms with Crippen molar-refractivity contribution in [1.82, 2.24) is 4.72 Å². The fourth-order valence-corrected chi connectivity index (χ4v) is 5.02. The Morgan fingerprint density at radius 1 is 1.25 bits per heavy atom. The molecule has 32 heavy (non-hydrogen) atoms. The Labute approximate surface area is 190 Å². The van der Waals surface area contributed by atoms with Crippen molar-refractivity contribution < 1.29 is 27.5 Å². The second kappa shape index (κ2) is 9.07. The number of fused-ring (bicyclic) bond motifs is 1. The van der Waals surface area contributed by atoms with E-state index in [0.717, 1.165) is 12.8 Å². The first-order chi connectivity index (χ1) is 15.2. The van der Waals surface area contributed by atoms with E-state index in [2.05, 4.69) is 15.4 Å². The second-order valence-corrected chi connectivity index (χ2v) is 9.69. The van der Waals surface area contributed by atoms with Crippen molar-refractivity contribution in [2.24, 2.45) is 0 Å². The van der Waals surface area contributed by atoms with E-state index in [1.807, 2.05) is 0 Å². The number of amides is 2. The molecule has 0 aromatic heterocycles. The van der Waals surface area contributed by atoms with Crippen LogP contribution in [0.4, 0.5) is 11.4 Å². The van der Waals surface area contributed by atoms with Crippen molar-refractivity contribution in [3.05, 3.63) is 47.0 Å². The Kier molecular flexibility index (Phi) is 6.38. The van der Waals surface area contributed by atoms with Crippen molar-refractivity contribution >= 4 is 44.8 Å². The van der Waals surface area contributed by atoms with E-state index in [9.17, 15) is 18.0 Å². The summed E-state index contributed by atoms with van der Waals surface area (Å²) in [5, 5.41) is 5.40. The lowest BCUT2D eigenvalue weighted by molar-refractivity contribution is -0.122. The highest BCUT2D eigenvalue weighted by Gasteiger charge is 2.25. The van der Waals surface area contributed by atoms with Gasteiger partial charge >= 0.3 is 0 Å². The number of anilines is 2. The summed E-state index contributed by atoms with van der Waals surface area (Å²) in [5.74, 6) is -0.329. The van der Waals surface area contributed by atoms with Gasteiger partial charge in [-0.2, -0.15) is 0 Å². The second-order valence-electron chi connectivity index (χ2n) is 7.55. The fourth-order valence-electron chi connectivity index (χ4n) is 3.43. The van der Waals surface area contributed by atoms with Gasteiger partial charge in [0.05, 0.1) is 16.8 Å². The number of carbonyl (C=O) groups is 2. The molecule has 9 nitrogen and oxygen atoms in total. The van der Waals surface area contributed by atoms with E-state index in [0.29, 0.717) is 23.7 Å². The predicted molar refractivity (Wildman–Crippen MR) is 119 cm³/mol. The van der Waals surface area contributed by atoms with Crippen molar-refractivity contribution in [3.63, 3.8) is 0 Å². The Hall–Kier alpha value is -2.66. The predicted octanol–water partition coefficient (Wildman–Crippen LogP) is 2.77. The average Bonchev–Trinajstić information content (AvgIpc) is 3.27. The highest BCUT2D eigenvalue weighted by atomic mass is 35.5. The molecule has 2 aromatic carbocycles. The van der Waals surface area contributed by atoms with Crippen LogP contribution in [0.3, 0.4) is 0 Å². The Morgan fingerprint density at radius 2 is 2.06 bits per heavy atom. The van der Waals surface area contributed by atoms with Gasteiger partial charge < -0.3 is 20.1 Å². The molecular weight excluding hydrogens is 458 g/mol. The molecule has 2 aliphatic heterocycles. The van der Waals surface area contributed by atoms with E-state index in [1.165, 1.54) is 18.2 Å². The maximum absolute atomic E-state index is 12.7. The monoisotopic (exact) mass is 479 g/mol. The Balaban J connectivity index is 1.50. The van der Waals surface area contributed by atoms with Crippen LogP contribution in [0, 0.1) is 0 Å². The zero-order valence-corrected chi connectivity index (χ0v) is 18.8. The molecule has 2 heterocycles. The average molecular weight is 480 g/mol. The summed E-state index contributed by atoms with van der Waals surface area (Å²) in [4.78, 5) is 24.4. The molecular formula is C21H22ClN3O6S. The minimum absolute atomic E-state index is 0.00384. The number of hydrogen-bond donors (Lipinski definition) is 3. The third-order valence-electron chi connectivity index (χ3n) is 5.18. The standard InChI is InChI=1S/C21H22ClN3O6S/c1-12-20(26)25-17-10-14(5-7-18(17)31-12)24-21(27)13-4-6-16(22)19(9-13)32(28,29)23-11-15-3-2-8-30-15/h4-7,9-10,12,15,23H,2-3,8,11H2,1H3,(H,24,27)(H,25,26). The molecule has 170 valence electrons. The number of hydrogen-bond acceptors (Lipinski definition) is 6. The maximum Gasteiger partial charge on any atom is 0.265 e. The van der Waals surface area contributed by atoms with Gasteiger partial charge in [-0.05, 0) is 56.2 Å². The summed E-state index contributed by atoms with van der Waals surface area (Å²) in [6, 6.07) is 8.83. The van der Waals surface area contributed by atoms with Crippen LogP contribution in [0.2, 0.25) is 5.02 Å². The topological polar surface area (TPSA) is 123 Å². The molecule has 2 aliphatic rings. The lowest BCUT2D eigenvalue weighted by atomic mass is 10.2. The SMILES string of the molecule is CC1Oc2ccc(NC(=O)c3ccc(Cl)c(S(=O)(=O)NCC4CCCO4)c3)cc2NC1=O. The molecule has 0 bridgehead atoms. The normalized spacial score (nSPS) is 20.2. The zero-order chi connectivity index (χ0) is 22.9. The summed E-state index contributed by atoms with van der Waals surface area (Å²) >= 11 is 6.11. The number of sulfonamides is 1. The van der Waals surface area contributed by atoms with Gasteiger partial charge in [-0.15, -0.1) is 0 Å². The summed E-state index contributed by atoms with van der Waals surface area (Å²) in [5.41, 5.74) is 0.949. The summed E-state index contributed by atoms with van der Waals surface area (Å²) in [6.07, 6.45) is 0.891. The molecule has 0 spiro atoms. The van der Waals surface area contributed by atoms with E-state index >= 15 is 0 Å². The van der Waals surface area contributed by atoms with Crippen LogP contribution >= 0.6 is 11.6 Å². The lowest BCUT2D eigenvalue weighted by Crippen LogP contribution is -2.34. The lowest BCUT2D eigenvalue weighted by Gasteiger charge is -2.23. The van der Waals surface area contributed by atoms with Crippen molar-refractivity contribution in [1.29, 1.82) is 0 Å². The van der Waals surface area contributed by atoms with Crippen LogP contribution in [0.1, 0.15) is 30.1 Å². The number of benzene rings is 2. The van der Waals surface area contributed by atoms with Crippen molar-refractivity contribution in [2.45, 2.75) is 36.9 Å². The van der Waals surface area contributed by atoms with Crippen LogP contribution in [0.5, 0.6) is 5.75 Å². The van der Waals surface area contributed by atoms with Gasteiger partial charge in [0.25, 0.3) is 11.8 Å². The van der Waals surface area contributed by atoms with Crippen LogP contribution in [-0.4, -0.2) is 45.6 Å². The zero-order valence-electron chi connectivity index (χ0n) is 17.2. The Bertz CT molecular complexity index is 1160. The number of rotatable bonds is 6. The minimum Gasteiger partial charge on any atom is -0.479 e. The first-order valence-electron chi connectivity index (χ1n) is 10.1. The van der Waals surface area contributed by atoms with Gasteiger partial charge in [0.2, 0.25) is 10.0 Å². The van der Waals surface area contributed by atoms with Crippen LogP contribution in [-0.2, 0) is 19.6 Å². The van der Waals surface area contributed by atoms with Gasteiger partial charge in [0.15, 0.2) is 6.10 Å². The highest BCUT2D eigenvalue weighted by Crippen LogP contribution is 2.32. The number of carbonyl (C=O) groups excluding carboxylic acids is 2. The molecule has 3 N–H and O–H groups in total. The molecule has 4 rings (SSSR count). The fraction of sp³-hybridized carbons (Fsp3) is 0.333. The molecule has 0 aliphatic carbocycles. The van der Waals surface area contributed by atoms with Crippen molar-refractivity contribution in [3.8, 4) is 5.75 Å². The van der Waals surface area contributed by atoms with Crippen molar-refractivity contribution in [2.75, 3.05) is 23.8 Å². The first kappa shape index (κ1) is 22.5. The molecule has 0 saturated carbocycles. The minimum atomic E-state index is -3.94. The van der Waals surface area contributed by atoms with E-state index in [-0.39, 0.29) is 34.0 Å². The van der Waals surface area contributed by atoms with E-state index < -0.39 is 22.0 Å². The van der Waals surface area contributed by atoms with Crippen LogP contribution < -0.4 is 20.1 Å². The third-order valence-corrected chi connectivity index (χ3v) is 7.08. The molecule has 2 aromatic rings. The van der Waals surface area contributed by atoms with Gasteiger partial charge in [-0.1, -0.05) is 11.6 Å². The van der Waals surface area contributed by atoms with Gasteiger partial charge in [-0.25, -0.2) is 13.1 Å². The smallest absolute Gasteiger partial charge is 0.265 e. The molecule has 1 fully saturated rings. The quantitative estimate of drug-likeness (QED) is 0.585. The van der Waals surface area contributed by atoms with Crippen LogP contribution in [0.15, 0.2) is 41.3 Å². The van der Waals surface area contributed by atoms with Gasteiger partial charge in [-0.3, -0.25) is 9.59 Å². The maximum atomic E-state index is 12.7. The number of halogens is 1.